The van der Waals surface area contributed by atoms with E-state index < -0.39 is 0 Å². The summed E-state index contributed by atoms with van der Waals surface area (Å²) in [5, 5.41) is 1.59. The van der Waals surface area contributed by atoms with Crippen molar-refractivity contribution < 1.29 is 14.4 Å². The lowest BCUT2D eigenvalue weighted by atomic mass is 10.3. The van der Waals surface area contributed by atoms with Crippen molar-refractivity contribution >= 4 is 11.9 Å². The number of nitrogens with zero attached hydrogens (tertiary/aromatic N) is 2. The van der Waals surface area contributed by atoms with Crippen molar-refractivity contribution in [2.45, 2.75) is 13.8 Å². The molecule has 1 fully saturated rings. The first-order valence-corrected chi connectivity index (χ1v) is 4.28. The Morgan fingerprint density at radius 3 is 2.00 bits per heavy atom. The van der Waals surface area contributed by atoms with Crippen molar-refractivity contribution in [3.8, 4) is 0 Å². The molecule has 1 aliphatic rings. The fraction of sp³-hybridized carbons (Fsp3) is 0.750. The third-order valence-electron chi connectivity index (χ3n) is 1.94. The lowest BCUT2D eigenvalue weighted by molar-refractivity contribution is -0.195. The standard InChI is InChI=1S/C8H14N2O3/c1-7(11)9-3-5-10(6-4-9)13-8(2)12/h3-6H2,1-2H3. The van der Waals surface area contributed by atoms with E-state index in [0.717, 1.165) is 0 Å². The van der Waals surface area contributed by atoms with Gasteiger partial charge in [-0.05, 0) is 0 Å². The van der Waals surface area contributed by atoms with Gasteiger partial charge in [0.2, 0.25) is 5.91 Å². The second-order valence-electron chi connectivity index (χ2n) is 3.02. The van der Waals surface area contributed by atoms with Crippen LogP contribution in [0.2, 0.25) is 0 Å². The maximum absolute atomic E-state index is 10.9. The summed E-state index contributed by atoms with van der Waals surface area (Å²) in [4.78, 5) is 28.1. The van der Waals surface area contributed by atoms with Gasteiger partial charge in [-0.25, -0.2) is 0 Å². The molecule has 1 amide bonds. The summed E-state index contributed by atoms with van der Waals surface area (Å²) in [5.41, 5.74) is 0. The number of rotatable bonds is 1. The van der Waals surface area contributed by atoms with Gasteiger partial charge in [0.1, 0.15) is 0 Å². The second kappa shape index (κ2) is 4.23. The fourth-order valence-electron chi connectivity index (χ4n) is 1.28. The van der Waals surface area contributed by atoms with E-state index in [1.807, 2.05) is 0 Å². The molecule has 1 saturated heterocycles. The molecule has 0 aromatic heterocycles. The van der Waals surface area contributed by atoms with E-state index in [0.29, 0.717) is 26.2 Å². The topological polar surface area (TPSA) is 49.9 Å². The van der Waals surface area contributed by atoms with Crippen molar-refractivity contribution in [3.63, 3.8) is 0 Å². The van der Waals surface area contributed by atoms with Gasteiger partial charge < -0.3 is 9.74 Å². The quantitative estimate of drug-likeness (QED) is 0.560. The second-order valence-corrected chi connectivity index (χ2v) is 3.02. The third kappa shape index (κ3) is 3.02. The molecule has 0 aromatic rings. The highest BCUT2D eigenvalue weighted by Crippen LogP contribution is 2.02. The molecule has 0 radical (unpaired) electrons. The van der Waals surface area contributed by atoms with Crippen LogP contribution in [-0.2, 0) is 14.4 Å². The summed E-state index contributed by atoms with van der Waals surface area (Å²) in [6.45, 7) is 5.36. The normalized spacial score (nSPS) is 18.5. The summed E-state index contributed by atoms with van der Waals surface area (Å²) in [5.74, 6) is -0.237. The maximum atomic E-state index is 10.9. The largest absolute Gasteiger partial charge is 0.368 e. The molecule has 13 heavy (non-hydrogen) atoms. The molecule has 0 aliphatic carbocycles. The van der Waals surface area contributed by atoms with Crippen LogP contribution in [0.5, 0.6) is 0 Å². The zero-order chi connectivity index (χ0) is 9.84. The molecule has 0 unspecified atom stereocenters. The van der Waals surface area contributed by atoms with E-state index >= 15 is 0 Å². The van der Waals surface area contributed by atoms with Crippen LogP contribution in [0.25, 0.3) is 0 Å². The Kier molecular flexibility index (Phi) is 3.25. The van der Waals surface area contributed by atoms with Crippen LogP contribution in [0.15, 0.2) is 0 Å². The van der Waals surface area contributed by atoms with E-state index in [1.165, 1.54) is 6.92 Å². The van der Waals surface area contributed by atoms with E-state index in [1.54, 1.807) is 16.9 Å². The van der Waals surface area contributed by atoms with Crippen LogP contribution in [0.1, 0.15) is 13.8 Å². The van der Waals surface area contributed by atoms with Crippen LogP contribution < -0.4 is 0 Å². The van der Waals surface area contributed by atoms with Crippen molar-refractivity contribution in [2.75, 3.05) is 26.2 Å². The van der Waals surface area contributed by atoms with E-state index in [2.05, 4.69) is 0 Å². The molecular weight excluding hydrogens is 172 g/mol. The van der Waals surface area contributed by atoms with E-state index in [9.17, 15) is 9.59 Å². The van der Waals surface area contributed by atoms with Crippen LogP contribution in [-0.4, -0.2) is 48.0 Å². The first-order chi connectivity index (χ1) is 6.09. The molecule has 74 valence electrons. The lowest BCUT2D eigenvalue weighted by Crippen LogP contribution is -2.48. The van der Waals surface area contributed by atoms with Gasteiger partial charge in [0.05, 0.1) is 13.1 Å². The Hall–Kier alpha value is -1.10. The Labute approximate surface area is 77.2 Å². The molecule has 0 aromatic carbocycles. The van der Waals surface area contributed by atoms with Gasteiger partial charge in [0, 0.05) is 26.9 Å². The third-order valence-corrected chi connectivity index (χ3v) is 1.94. The smallest absolute Gasteiger partial charge is 0.322 e. The summed E-state index contributed by atoms with van der Waals surface area (Å²) >= 11 is 0. The van der Waals surface area contributed by atoms with Crippen molar-refractivity contribution in [2.24, 2.45) is 0 Å². The molecule has 5 nitrogen and oxygen atoms in total. The number of hydrogen-bond acceptors (Lipinski definition) is 4. The minimum atomic E-state index is -0.309. The maximum Gasteiger partial charge on any atom is 0.322 e. The molecule has 1 rings (SSSR count). The fourth-order valence-corrected chi connectivity index (χ4v) is 1.28. The Bertz CT molecular complexity index is 209. The van der Waals surface area contributed by atoms with Crippen LogP contribution in [0, 0.1) is 0 Å². The first-order valence-electron chi connectivity index (χ1n) is 4.28. The van der Waals surface area contributed by atoms with Gasteiger partial charge in [-0.2, -0.15) is 0 Å². The van der Waals surface area contributed by atoms with Crippen LogP contribution in [0.4, 0.5) is 0 Å². The molecule has 0 spiro atoms. The summed E-state index contributed by atoms with van der Waals surface area (Å²) in [6, 6.07) is 0. The minimum Gasteiger partial charge on any atom is -0.368 e. The van der Waals surface area contributed by atoms with Gasteiger partial charge in [-0.1, -0.05) is 0 Å². The summed E-state index contributed by atoms with van der Waals surface area (Å²) in [7, 11) is 0. The number of piperazine rings is 1. The van der Waals surface area contributed by atoms with Gasteiger partial charge in [0.15, 0.2) is 0 Å². The summed E-state index contributed by atoms with van der Waals surface area (Å²) < 4.78 is 0. The van der Waals surface area contributed by atoms with Crippen LogP contribution in [0.3, 0.4) is 0 Å². The molecule has 0 N–H and O–H groups in total. The van der Waals surface area contributed by atoms with E-state index in [4.69, 9.17) is 4.84 Å². The van der Waals surface area contributed by atoms with Gasteiger partial charge in [-0.15, -0.1) is 5.06 Å². The molecule has 1 heterocycles. The molecule has 0 saturated carbocycles. The molecule has 1 aliphatic heterocycles. The molecule has 0 atom stereocenters. The zero-order valence-corrected chi connectivity index (χ0v) is 7.95. The highest BCUT2D eigenvalue weighted by molar-refractivity contribution is 5.73. The van der Waals surface area contributed by atoms with Gasteiger partial charge in [-0.3, -0.25) is 9.59 Å². The monoisotopic (exact) mass is 186 g/mol. The van der Waals surface area contributed by atoms with Crippen molar-refractivity contribution in [3.05, 3.63) is 0 Å². The highest BCUT2D eigenvalue weighted by Gasteiger charge is 2.19. The number of amides is 1. The minimum absolute atomic E-state index is 0.0717. The SMILES string of the molecule is CC(=O)ON1CCN(C(C)=O)CC1. The lowest BCUT2D eigenvalue weighted by Gasteiger charge is -2.32. The van der Waals surface area contributed by atoms with E-state index in [-0.39, 0.29) is 11.9 Å². The number of hydrogen-bond donors (Lipinski definition) is 0. The molecule has 5 heteroatoms. The number of hydroxylamine groups is 2. The number of carbonyl (C=O) groups is 2. The molecule has 0 bridgehead atoms. The Morgan fingerprint density at radius 1 is 1.08 bits per heavy atom. The van der Waals surface area contributed by atoms with Gasteiger partial charge in [0.25, 0.3) is 0 Å². The van der Waals surface area contributed by atoms with Crippen LogP contribution >= 0.6 is 0 Å². The van der Waals surface area contributed by atoms with Crippen molar-refractivity contribution in [1.82, 2.24) is 9.96 Å². The highest BCUT2D eigenvalue weighted by atomic mass is 16.7. The predicted octanol–water partition coefficient (Wildman–Crippen LogP) is -0.371. The predicted molar refractivity (Wildman–Crippen MR) is 45.6 cm³/mol. The average Bonchev–Trinajstić information content (AvgIpc) is 2.04. The Morgan fingerprint density at radius 2 is 1.62 bits per heavy atom. The van der Waals surface area contributed by atoms with Gasteiger partial charge >= 0.3 is 5.97 Å². The average molecular weight is 186 g/mol. The number of carbonyl (C=O) groups excluding carboxylic acids is 2. The zero-order valence-electron chi connectivity index (χ0n) is 7.95. The first kappa shape index (κ1) is 9.98. The molecular formula is C8H14N2O3. The Balaban J connectivity index is 2.30. The van der Waals surface area contributed by atoms with Crippen molar-refractivity contribution in [1.29, 1.82) is 0 Å². The summed E-state index contributed by atoms with van der Waals surface area (Å²) in [6.07, 6.45) is 0.